The quantitative estimate of drug-likeness (QED) is 0.242. The third-order valence-corrected chi connectivity index (χ3v) is 8.50. The SMILES string of the molecule is Cc1ccc(C(CCC#CCOCC(Br)S(=O)(=O)c2ccccc2)OC2CCCCO2)o1. The summed E-state index contributed by atoms with van der Waals surface area (Å²) in [5.41, 5.74) is 0. The van der Waals surface area contributed by atoms with E-state index in [4.69, 9.17) is 18.6 Å². The minimum Gasteiger partial charge on any atom is -0.464 e. The molecule has 0 saturated carbocycles. The van der Waals surface area contributed by atoms with E-state index in [1.807, 2.05) is 19.1 Å². The van der Waals surface area contributed by atoms with Crippen molar-refractivity contribution in [2.45, 2.75) is 60.5 Å². The van der Waals surface area contributed by atoms with Crippen molar-refractivity contribution in [1.29, 1.82) is 0 Å². The van der Waals surface area contributed by atoms with Crippen LogP contribution in [0.15, 0.2) is 51.8 Å². The number of ether oxygens (including phenoxy) is 3. The predicted molar refractivity (Wildman–Crippen MR) is 125 cm³/mol. The molecule has 0 bridgehead atoms. The summed E-state index contributed by atoms with van der Waals surface area (Å²) in [5.74, 6) is 7.63. The maximum absolute atomic E-state index is 12.5. The summed E-state index contributed by atoms with van der Waals surface area (Å²) in [7, 11) is -3.49. The summed E-state index contributed by atoms with van der Waals surface area (Å²) in [4.78, 5) is 0.262. The van der Waals surface area contributed by atoms with Crippen LogP contribution >= 0.6 is 15.9 Å². The second-order valence-corrected chi connectivity index (χ2v) is 11.4. The Labute approximate surface area is 198 Å². The van der Waals surface area contributed by atoms with Crippen molar-refractivity contribution in [2.24, 2.45) is 0 Å². The van der Waals surface area contributed by atoms with Gasteiger partial charge in [-0.1, -0.05) is 40.0 Å². The van der Waals surface area contributed by atoms with Crippen molar-refractivity contribution in [3.8, 4) is 11.8 Å². The van der Waals surface area contributed by atoms with Crippen molar-refractivity contribution in [3.63, 3.8) is 0 Å². The number of halogens is 1. The van der Waals surface area contributed by atoms with E-state index >= 15 is 0 Å². The Morgan fingerprint density at radius 1 is 1.16 bits per heavy atom. The number of benzene rings is 1. The van der Waals surface area contributed by atoms with E-state index in [0.717, 1.165) is 37.4 Å². The number of aryl methyl sites for hydroxylation is 1. The molecule has 1 aliphatic rings. The van der Waals surface area contributed by atoms with Crippen LogP contribution < -0.4 is 0 Å². The van der Waals surface area contributed by atoms with Crippen molar-refractivity contribution >= 4 is 25.8 Å². The van der Waals surface area contributed by atoms with Crippen molar-refractivity contribution in [3.05, 3.63) is 54.0 Å². The van der Waals surface area contributed by atoms with Gasteiger partial charge < -0.3 is 18.6 Å². The van der Waals surface area contributed by atoms with Gasteiger partial charge >= 0.3 is 0 Å². The Kier molecular flexibility index (Phi) is 9.82. The van der Waals surface area contributed by atoms with Crippen LogP contribution in [0.5, 0.6) is 0 Å². The number of hydrogen-bond donors (Lipinski definition) is 0. The second kappa shape index (κ2) is 12.6. The fraction of sp³-hybridized carbons (Fsp3) is 0.500. The van der Waals surface area contributed by atoms with Crippen molar-refractivity contribution in [2.75, 3.05) is 19.8 Å². The lowest BCUT2D eigenvalue weighted by Gasteiger charge is -2.26. The zero-order chi connectivity index (χ0) is 22.8. The Hall–Kier alpha value is -1.63. The zero-order valence-electron chi connectivity index (χ0n) is 18.2. The summed E-state index contributed by atoms with van der Waals surface area (Å²) in [6.45, 7) is 2.80. The molecule has 0 radical (unpaired) electrons. The highest BCUT2D eigenvalue weighted by atomic mass is 79.9. The van der Waals surface area contributed by atoms with E-state index in [-0.39, 0.29) is 30.5 Å². The van der Waals surface area contributed by atoms with Gasteiger partial charge in [0.1, 0.15) is 28.4 Å². The highest BCUT2D eigenvalue weighted by Gasteiger charge is 2.25. The first kappa shape index (κ1) is 25.0. The Morgan fingerprint density at radius 2 is 1.97 bits per heavy atom. The molecule has 1 aliphatic heterocycles. The Bertz CT molecular complexity index is 986. The van der Waals surface area contributed by atoms with Crippen LogP contribution in [-0.2, 0) is 24.0 Å². The first-order valence-electron chi connectivity index (χ1n) is 10.8. The van der Waals surface area contributed by atoms with Gasteiger partial charge in [-0.3, -0.25) is 0 Å². The third-order valence-electron chi connectivity index (χ3n) is 5.02. The molecule has 8 heteroatoms. The first-order valence-corrected chi connectivity index (χ1v) is 13.2. The normalized spacial score (nSPS) is 18.5. The van der Waals surface area contributed by atoms with E-state index in [9.17, 15) is 8.42 Å². The maximum Gasteiger partial charge on any atom is 0.193 e. The van der Waals surface area contributed by atoms with E-state index in [0.29, 0.717) is 12.8 Å². The molecule has 3 atom stereocenters. The van der Waals surface area contributed by atoms with Gasteiger partial charge in [0.05, 0.1) is 11.5 Å². The highest BCUT2D eigenvalue weighted by molar-refractivity contribution is 9.11. The van der Waals surface area contributed by atoms with Gasteiger partial charge in [-0.2, -0.15) is 0 Å². The molecule has 174 valence electrons. The van der Waals surface area contributed by atoms with Crippen LogP contribution in [0.4, 0.5) is 0 Å². The minimum atomic E-state index is -3.49. The summed E-state index contributed by atoms with van der Waals surface area (Å²) in [5, 5.41) is 0. The predicted octanol–water partition coefficient (Wildman–Crippen LogP) is 5.17. The molecule has 1 aromatic heterocycles. The average Bonchev–Trinajstić information content (AvgIpc) is 3.25. The molecule has 2 heterocycles. The molecular weight excluding hydrogens is 496 g/mol. The number of hydrogen-bond acceptors (Lipinski definition) is 6. The monoisotopic (exact) mass is 524 g/mol. The van der Waals surface area contributed by atoms with Gasteiger partial charge in [0.15, 0.2) is 16.1 Å². The van der Waals surface area contributed by atoms with E-state index in [1.54, 1.807) is 30.3 Å². The Morgan fingerprint density at radius 3 is 2.66 bits per heavy atom. The first-order chi connectivity index (χ1) is 15.5. The molecule has 1 fully saturated rings. The van der Waals surface area contributed by atoms with Crippen molar-refractivity contribution < 1.29 is 27.0 Å². The fourth-order valence-electron chi connectivity index (χ4n) is 3.30. The van der Waals surface area contributed by atoms with Gasteiger partial charge in [-0.15, -0.1) is 5.92 Å². The lowest BCUT2D eigenvalue weighted by Crippen LogP contribution is -2.24. The summed E-state index contributed by atoms with van der Waals surface area (Å²) < 4.78 is 47.2. The lowest BCUT2D eigenvalue weighted by atomic mass is 10.1. The molecular formula is C24H29BrO6S. The largest absolute Gasteiger partial charge is 0.464 e. The Balaban J connectivity index is 1.44. The van der Waals surface area contributed by atoms with E-state index < -0.39 is 14.0 Å². The number of rotatable bonds is 10. The van der Waals surface area contributed by atoms with Crippen LogP contribution in [0.1, 0.15) is 49.7 Å². The second-order valence-electron chi connectivity index (χ2n) is 7.54. The van der Waals surface area contributed by atoms with Gasteiger partial charge in [-0.25, -0.2) is 8.42 Å². The molecule has 0 N–H and O–H groups in total. The molecule has 0 amide bonds. The average molecular weight is 525 g/mol. The van der Waals surface area contributed by atoms with Gasteiger partial charge in [-0.05, 0) is 56.9 Å². The van der Waals surface area contributed by atoms with E-state index in [2.05, 4.69) is 27.8 Å². The molecule has 3 unspecified atom stereocenters. The topological polar surface area (TPSA) is 75.0 Å². The smallest absolute Gasteiger partial charge is 0.193 e. The van der Waals surface area contributed by atoms with Crippen molar-refractivity contribution in [1.82, 2.24) is 0 Å². The summed E-state index contributed by atoms with van der Waals surface area (Å²) >= 11 is 3.21. The third kappa shape index (κ3) is 7.46. The maximum atomic E-state index is 12.5. The van der Waals surface area contributed by atoms with Crippen LogP contribution in [-0.4, -0.2) is 38.7 Å². The molecule has 6 nitrogen and oxygen atoms in total. The van der Waals surface area contributed by atoms with Crippen LogP contribution in [0.25, 0.3) is 0 Å². The fourth-order valence-corrected chi connectivity index (χ4v) is 5.24. The van der Waals surface area contributed by atoms with Gasteiger partial charge in [0.25, 0.3) is 0 Å². The van der Waals surface area contributed by atoms with Crippen LogP contribution in [0.2, 0.25) is 0 Å². The number of furan rings is 1. The zero-order valence-corrected chi connectivity index (χ0v) is 20.6. The van der Waals surface area contributed by atoms with Gasteiger partial charge in [0, 0.05) is 13.0 Å². The van der Waals surface area contributed by atoms with Crippen LogP contribution in [0.3, 0.4) is 0 Å². The molecule has 1 saturated heterocycles. The lowest BCUT2D eigenvalue weighted by molar-refractivity contribution is -0.194. The molecule has 32 heavy (non-hydrogen) atoms. The molecule has 3 rings (SSSR count). The standard InChI is InChI=1S/C24H29BrO6S/c1-19-14-15-22(30-19)21(31-24-13-7-9-17-29-24)12-6-3-8-16-28-18-23(25)32(26,27)20-10-4-2-5-11-20/h2,4-5,10-11,14-15,21,23-24H,6-7,9,12-13,16-18H2,1H3. The minimum absolute atomic E-state index is 0.0162. The number of alkyl halides is 1. The van der Waals surface area contributed by atoms with Gasteiger partial charge in [0.2, 0.25) is 0 Å². The summed E-state index contributed by atoms with van der Waals surface area (Å²) in [6, 6.07) is 12.2. The molecule has 1 aromatic carbocycles. The highest BCUT2D eigenvalue weighted by Crippen LogP contribution is 2.29. The van der Waals surface area contributed by atoms with E-state index in [1.165, 1.54) is 0 Å². The summed E-state index contributed by atoms with van der Waals surface area (Å²) in [6.07, 6.45) is 3.89. The molecule has 2 aromatic rings. The number of sulfone groups is 1. The molecule has 0 spiro atoms. The van der Waals surface area contributed by atoms with Crippen LogP contribution in [0, 0.1) is 18.8 Å². The molecule has 0 aliphatic carbocycles.